The van der Waals surface area contributed by atoms with E-state index in [2.05, 4.69) is 107 Å². The molecule has 0 bridgehead atoms. The summed E-state index contributed by atoms with van der Waals surface area (Å²) in [5.74, 6) is 0. The van der Waals surface area contributed by atoms with Crippen molar-refractivity contribution in [1.29, 1.82) is 0 Å². The van der Waals surface area contributed by atoms with Crippen molar-refractivity contribution < 1.29 is 9.31 Å². The summed E-state index contributed by atoms with van der Waals surface area (Å²) in [5.41, 5.74) is 4.12. The highest BCUT2D eigenvalue weighted by atomic mass is 32.1. The number of fused-ring (bicyclic) bond motifs is 1. The van der Waals surface area contributed by atoms with Gasteiger partial charge in [-0.15, -0.1) is 11.3 Å². The van der Waals surface area contributed by atoms with E-state index in [4.69, 9.17) is 9.31 Å². The van der Waals surface area contributed by atoms with Crippen LogP contribution in [0, 0.1) is 0 Å². The van der Waals surface area contributed by atoms with Crippen LogP contribution in [0.1, 0.15) is 27.7 Å². The molecule has 1 aromatic heterocycles. The summed E-state index contributed by atoms with van der Waals surface area (Å²) in [5, 5.41) is 1.25. The van der Waals surface area contributed by atoms with E-state index >= 15 is 0 Å². The van der Waals surface area contributed by atoms with E-state index in [0.717, 1.165) is 5.46 Å². The molecule has 4 heteroatoms. The maximum Gasteiger partial charge on any atom is 0.494 e. The Balaban J connectivity index is 1.69. The Hall–Kier alpha value is -2.40. The normalized spacial score (nSPS) is 17.5. The van der Waals surface area contributed by atoms with Gasteiger partial charge in [0, 0.05) is 20.5 Å². The standard InChI is InChI=1S/C26H25BO2S/c1-25(2)26(3,4)29-27(28-25)20-15-16-22-21(17-20)23(18-11-7-5-8-12-18)24(30-22)19-13-9-6-10-14-19/h5-17H,1-4H3. The summed E-state index contributed by atoms with van der Waals surface area (Å²) >= 11 is 1.84. The van der Waals surface area contributed by atoms with Crippen LogP contribution in [-0.4, -0.2) is 18.3 Å². The maximum atomic E-state index is 6.32. The number of hydrogen-bond donors (Lipinski definition) is 0. The van der Waals surface area contributed by atoms with Crippen LogP contribution in [0.2, 0.25) is 0 Å². The lowest BCUT2D eigenvalue weighted by Crippen LogP contribution is -2.41. The van der Waals surface area contributed by atoms with E-state index in [0.29, 0.717) is 0 Å². The predicted molar refractivity (Wildman–Crippen MR) is 128 cm³/mol. The highest BCUT2D eigenvalue weighted by Crippen LogP contribution is 2.45. The Morgan fingerprint density at radius 1 is 0.700 bits per heavy atom. The van der Waals surface area contributed by atoms with Crippen molar-refractivity contribution in [2.45, 2.75) is 38.9 Å². The lowest BCUT2D eigenvalue weighted by Gasteiger charge is -2.32. The van der Waals surface area contributed by atoms with Crippen LogP contribution in [0.4, 0.5) is 0 Å². The number of rotatable bonds is 3. The average Bonchev–Trinajstić information content (AvgIpc) is 3.22. The maximum absolute atomic E-state index is 6.32. The quantitative estimate of drug-likeness (QED) is 0.356. The third-order valence-electron chi connectivity index (χ3n) is 6.34. The zero-order valence-electron chi connectivity index (χ0n) is 17.8. The summed E-state index contributed by atoms with van der Waals surface area (Å²) in [7, 11) is -0.358. The molecule has 1 aliphatic rings. The minimum Gasteiger partial charge on any atom is -0.399 e. The molecule has 2 heterocycles. The van der Waals surface area contributed by atoms with Gasteiger partial charge in [-0.25, -0.2) is 0 Å². The van der Waals surface area contributed by atoms with Crippen LogP contribution < -0.4 is 5.46 Å². The van der Waals surface area contributed by atoms with Gasteiger partial charge >= 0.3 is 7.12 Å². The minimum atomic E-state index is -0.358. The molecule has 4 aromatic rings. The van der Waals surface area contributed by atoms with Crippen LogP contribution in [0.25, 0.3) is 31.7 Å². The van der Waals surface area contributed by atoms with Crippen LogP contribution in [0.15, 0.2) is 78.9 Å². The zero-order chi connectivity index (χ0) is 20.9. The lowest BCUT2D eigenvalue weighted by molar-refractivity contribution is 0.00578. The van der Waals surface area contributed by atoms with Gasteiger partial charge in [0.05, 0.1) is 11.2 Å². The van der Waals surface area contributed by atoms with Gasteiger partial charge in [0.2, 0.25) is 0 Å². The predicted octanol–water partition coefficient (Wildman–Crippen LogP) is 6.53. The Bertz CT molecular complexity index is 1180. The fourth-order valence-corrected chi connectivity index (χ4v) is 5.14. The second kappa shape index (κ2) is 7.09. The molecule has 0 spiro atoms. The monoisotopic (exact) mass is 412 g/mol. The van der Waals surface area contributed by atoms with Crippen molar-refractivity contribution in [2.24, 2.45) is 0 Å². The van der Waals surface area contributed by atoms with E-state index in [-0.39, 0.29) is 18.3 Å². The van der Waals surface area contributed by atoms with Gasteiger partial charge < -0.3 is 9.31 Å². The first-order chi connectivity index (χ1) is 14.4. The summed E-state index contributed by atoms with van der Waals surface area (Å²) in [6.45, 7) is 8.39. The largest absolute Gasteiger partial charge is 0.494 e. The van der Waals surface area contributed by atoms with E-state index < -0.39 is 0 Å². The number of benzene rings is 3. The van der Waals surface area contributed by atoms with Crippen molar-refractivity contribution in [3.8, 4) is 21.6 Å². The highest BCUT2D eigenvalue weighted by Gasteiger charge is 2.51. The molecule has 0 aliphatic carbocycles. The minimum absolute atomic E-state index is 0.348. The molecule has 0 N–H and O–H groups in total. The van der Waals surface area contributed by atoms with Gasteiger partial charge in [0.1, 0.15) is 0 Å². The van der Waals surface area contributed by atoms with Gasteiger partial charge in [-0.3, -0.25) is 0 Å². The molecule has 5 rings (SSSR count). The summed E-state index contributed by atoms with van der Waals surface area (Å²) in [6.07, 6.45) is 0. The Labute approximate surface area is 182 Å². The molecule has 1 saturated heterocycles. The number of thiophene rings is 1. The molecule has 0 atom stereocenters. The lowest BCUT2D eigenvalue weighted by atomic mass is 9.78. The Morgan fingerprint density at radius 2 is 1.27 bits per heavy atom. The van der Waals surface area contributed by atoms with E-state index in [1.165, 1.54) is 31.7 Å². The average molecular weight is 412 g/mol. The van der Waals surface area contributed by atoms with E-state index in [9.17, 15) is 0 Å². The SMILES string of the molecule is CC1(C)OB(c2ccc3sc(-c4ccccc4)c(-c4ccccc4)c3c2)OC1(C)C. The van der Waals surface area contributed by atoms with Gasteiger partial charge in [0.25, 0.3) is 0 Å². The summed E-state index contributed by atoms with van der Waals surface area (Å²) in [4.78, 5) is 1.29. The van der Waals surface area contributed by atoms with Crippen LogP contribution in [-0.2, 0) is 9.31 Å². The Morgan fingerprint density at radius 3 is 1.87 bits per heavy atom. The molecule has 3 aromatic carbocycles. The summed E-state index contributed by atoms with van der Waals surface area (Å²) < 4.78 is 13.9. The van der Waals surface area contributed by atoms with Crippen LogP contribution in [0.5, 0.6) is 0 Å². The molecule has 1 fully saturated rings. The zero-order valence-corrected chi connectivity index (χ0v) is 18.6. The van der Waals surface area contributed by atoms with Gasteiger partial charge in [-0.1, -0.05) is 72.8 Å². The second-order valence-electron chi connectivity index (χ2n) is 8.88. The van der Waals surface area contributed by atoms with Crippen molar-refractivity contribution in [2.75, 3.05) is 0 Å². The Kier molecular flexibility index (Phi) is 4.62. The van der Waals surface area contributed by atoms with E-state index in [1.54, 1.807) is 0 Å². The fraction of sp³-hybridized carbons (Fsp3) is 0.231. The summed E-state index contributed by atoms with van der Waals surface area (Å²) in [6, 6.07) is 27.9. The molecule has 2 nitrogen and oxygen atoms in total. The number of hydrogen-bond acceptors (Lipinski definition) is 3. The van der Waals surface area contributed by atoms with Crippen LogP contribution in [0.3, 0.4) is 0 Å². The molecule has 0 amide bonds. The molecule has 0 unspecified atom stereocenters. The first kappa shape index (κ1) is 19.6. The first-order valence-electron chi connectivity index (χ1n) is 10.4. The third-order valence-corrected chi connectivity index (χ3v) is 7.56. The smallest absolute Gasteiger partial charge is 0.399 e. The van der Waals surface area contributed by atoms with Crippen molar-refractivity contribution >= 4 is 34.0 Å². The van der Waals surface area contributed by atoms with E-state index in [1.807, 2.05) is 11.3 Å². The molecular weight excluding hydrogens is 387 g/mol. The molecule has 150 valence electrons. The molecule has 0 saturated carbocycles. The molecule has 0 radical (unpaired) electrons. The molecule has 30 heavy (non-hydrogen) atoms. The third kappa shape index (κ3) is 3.20. The van der Waals surface area contributed by atoms with Crippen LogP contribution >= 0.6 is 11.3 Å². The van der Waals surface area contributed by atoms with Gasteiger partial charge in [-0.2, -0.15) is 0 Å². The van der Waals surface area contributed by atoms with Crippen molar-refractivity contribution in [1.82, 2.24) is 0 Å². The van der Waals surface area contributed by atoms with Gasteiger partial charge in [0.15, 0.2) is 0 Å². The highest BCUT2D eigenvalue weighted by molar-refractivity contribution is 7.23. The second-order valence-corrected chi connectivity index (χ2v) is 9.93. The van der Waals surface area contributed by atoms with Gasteiger partial charge in [-0.05, 0) is 50.4 Å². The molecular formula is C26H25BO2S. The fourth-order valence-electron chi connectivity index (χ4n) is 3.93. The molecule has 1 aliphatic heterocycles. The first-order valence-corrected chi connectivity index (χ1v) is 11.2. The topological polar surface area (TPSA) is 18.5 Å². The van der Waals surface area contributed by atoms with Crippen molar-refractivity contribution in [3.63, 3.8) is 0 Å². The van der Waals surface area contributed by atoms with Crippen molar-refractivity contribution in [3.05, 3.63) is 78.9 Å².